The molecule has 2 amide bonds. The van der Waals surface area contributed by atoms with Crippen LogP contribution in [0.5, 0.6) is 5.75 Å². The first kappa shape index (κ1) is 19.4. The molecule has 29 heavy (non-hydrogen) atoms. The average Bonchev–Trinajstić information content (AvgIpc) is 3.13. The second-order valence-electron chi connectivity index (χ2n) is 5.79. The molecule has 0 aliphatic carbocycles. The summed E-state index contributed by atoms with van der Waals surface area (Å²) in [6.07, 6.45) is 1.26. The Balaban J connectivity index is 1.71. The predicted molar refractivity (Wildman–Crippen MR) is 103 cm³/mol. The van der Waals surface area contributed by atoms with Crippen LogP contribution in [-0.2, 0) is 0 Å². The molecule has 1 heterocycles. The number of anilines is 1. The molecule has 3 rings (SSSR count). The van der Waals surface area contributed by atoms with Crippen molar-refractivity contribution in [1.29, 1.82) is 0 Å². The van der Waals surface area contributed by atoms with E-state index >= 15 is 0 Å². The van der Waals surface area contributed by atoms with Crippen LogP contribution >= 0.6 is 0 Å². The Morgan fingerprint density at radius 2 is 1.79 bits per heavy atom. The van der Waals surface area contributed by atoms with Crippen molar-refractivity contribution < 1.29 is 19.6 Å². The summed E-state index contributed by atoms with van der Waals surface area (Å²) in [6.45, 7) is 0. The molecule has 1 aromatic heterocycles. The number of hydrogen-bond acceptors (Lipinski definition) is 7. The molecule has 148 valence electrons. The fourth-order valence-corrected chi connectivity index (χ4v) is 2.52. The molecule has 0 aliphatic heterocycles. The molecule has 11 nitrogen and oxygen atoms in total. The third-order valence-electron chi connectivity index (χ3n) is 3.95. The van der Waals surface area contributed by atoms with Gasteiger partial charge in [0.2, 0.25) is 0 Å². The van der Waals surface area contributed by atoms with Gasteiger partial charge in [-0.05, 0) is 24.3 Å². The Bertz CT molecular complexity index is 1080. The number of aromatic hydroxyl groups is 1. The number of nitro benzene ring substituents is 1. The second kappa shape index (κ2) is 8.08. The van der Waals surface area contributed by atoms with Crippen LogP contribution in [0.2, 0.25) is 0 Å². The van der Waals surface area contributed by atoms with Crippen molar-refractivity contribution in [3.8, 4) is 11.4 Å². The highest BCUT2D eigenvalue weighted by molar-refractivity contribution is 6.00. The van der Waals surface area contributed by atoms with Gasteiger partial charge < -0.3 is 10.4 Å². The number of nitro groups is 1. The maximum Gasteiger partial charge on any atom is 0.294 e. The zero-order valence-corrected chi connectivity index (χ0v) is 15.1. The first-order valence-corrected chi connectivity index (χ1v) is 8.31. The van der Waals surface area contributed by atoms with Gasteiger partial charge in [-0.1, -0.05) is 18.2 Å². The summed E-state index contributed by atoms with van der Waals surface area (Å²) in [5.41, 5.74) is 4.51. The largest absolute Gasteiger partial charge is 0.504 e. The van der Waals surface area contributed by atoms with Crippen molar-refractivity contribution in [3.63, 3.8) is 0 Å². The summed E-state index contributed by atoms with van der Waals surface area (Å²) >= 11 is 0. The molecule has 11 heteroatoms. The van der Waals surface area contributed by atoms with Crippen LogP contribution < -0.4 is 16.2 Å². The SMILES string of the molecule is CNc1ccc(C(=O)NNC(=O)c2nn(-c3ccccc3)cc2O)cc1[N+](=O)[O-]. The smallest absolute Gasteiger partial charge is 0.294 e. The van der Waals surface area contributed by atoms with Gasteiger partial charge in [0.05, 0.1) is 16.8 Å². The maximum absolute atomic E-state index is 12.2. The van der Waals surface area contributed by atoms with Crippen molar-refractivity contribution in [2.75, 3.05) is 12.4 Å². The van der Waals surface area contributed by atoms with Gasteiger partial charge in [0, 0.05) is 18.7 Å². The molecule has 4 N–H and O–H groups in total. The number of nitrogens with zero attached hydrogens (tertiary/aromatic N) is 3. The highest BCUT2D eigenvalue weighted by Gasteiger charge is 2.20. The van der Waals surface area contributed by atoms with Gasteiger partial charge in [0.1, 0.15) is 5.69 Å². The summed E-state index contributed by atoms with van der Waals surface area (Å²) in [6, 6.07) is 12.6. The van der Waals surface area contributed by atoms with E-state index in [1.807, 2.05) is 6.07 Å². The first-order chi connectivity index (χ1) is 13.9. The molecule has 0 fully saturated rings. The number of benzene rings is 2. The highest BCUT2D eigenvalue weighted by Crippen LogP contribution is 2.25. The molecular weight excluding hydrogens is 380 g/mol. The lowest BCUT2D eigenvalue weighted by Crippen LogP contribution is -2.41. The Morgan fingerprint density at radius 1 is 1.10 bits per heavy atom. The molecule has 0 saturated heterocycles. The summed E-state index contributed by atoms with van der Waals surface area (Å²) in [7, 11) is 1.52. The fraction of sp³-hybridized carbons (Fsp3) is 0.0556. The normalized spacial score (nSPS) is 10.2. The molecule has 0 radical (unpaired) electrons. The molecular formula is C18H16N6O5. The van der Waals surface area contributed by atoms with E-state index in [2.05, 4.69) is 21.3 Å². The van der Waals surface area contributed by atoms with E-state index < -0.39 is 16.7 Å². The summed E-state index contributed by atoms with van der Waals surface area (Å²) in [5, 5.41) is 27.7. The van der Waals surface area contributed by atoms with Crippen LogP contribution in [0.4, 0.5) is 11.4 Å². The third-order valence-corrected chi connectivity index (χ3v) is 3.95. The van der Waals surface area contributed by atoms with E-state index in [1.165, 1.54) is 30.1 Å². The number of rotatable bonds is 5. The minimum Gasteiger partial charge on any atom is -0.504 e. The quantitative estimate of drug-likeness (QED) is 0.378. The van der Waals surface area contributed by atoms with Crippen LogP contribution in [-0.4, -0.2) is 38.7 Å². The topological polar surface area (TPSA) is 151 Å². The van der Waals surface area contributed by atoms with Crippen molar-refractivity contribution >= 4 is 23.2 Å². The van der Waals surface area contributed by atoms with Crippen molar-refractivity contribution in [1.82, 2.24) is 20.6 Å². The van der Waals surface area contributed by atoms with Gasteiger partial charge in [0.25, 0.3) is 17.5 Å². The summed E-state index contributed by atoms with van der Waals surface area (Å²) in [5.74, 6) is -2.01. The number of carbonyl (C=O) groups excluding carboxylic acids is 2. The number of nitrogens with one attached hydrogen (secondary N) is 3. The fourth-order valence-electron chi connectivity index (χ4n) is 2.52. The lowest BCUT2D eigenvalue weighted by molar-refractivity contribution is -0.384. The van der Waals surface area contributed by atoms with Gasteiger partial charge in [-0.3, -0.25) is 30.6 Å². The van der Waals surface area contributed by atoms with Crippen molar-refractivity contribution in [2.24, 2.45) is 0 Å². The Kier molecular flexibility index (Phi) is 5.39. The van der Waals surface area contributed by atoms with Gasteiger partial charge >= 0.3 is 0 Å². The molecule has 0 atom stereocenters. The van der Waals surface area contributed by atoms with Crippen LogP contribution in [0.15, 0.2) is 54.7 Å². The molecule has 3 aromatic rings. The van der Waals surface area contributed by atoms with E-state index in [0.717, 1.165) is 6.07 Å². The van der Waals surface area contributed by atoms with E-state index in [4.69, 9.17) is 0 Å². The highest BCUT2D eigenvalue weighted by atomic mass is 16.6. The van der Waals surface area contributed by atoms with E-state index in [9.17, 15) is 24.8 Å². The monoisotopic (exact) mass is 396 g/mol. The van der Waals surface area contributed by atoms with Gasteiger partial charge in [-0.15, -0.1) is 0 Å². The zero-order valence-electron chi connectivity index (χ0n) is 15.1. The van der Waals surface area contributed by atoms with E-state index in [0.29, 0.717) is 5.69 Å². The molecule has 0 saturated carbocycles. The standard InChI is InChI=1S/C18H16N6O5/c1-19-13-8-7-11(9-14(13)24(28)29)17(26)20-21-18(27)16-15(25)10-23(22-16)12-5-3-2-4-6-12/h2-10,19,25H,1H3,(H,20,26)(H,21,27). The van der Waals surface area contributed by atoms with Crippen LogP contribution in [0.3, 0.4) is 0 Å². The lowest BCUT2D eigenvalue weighted by atomic mass is 10.1. The third kappa shape index (κ3) is 4.13. The molecule has 0 aliphatic rings. The van der Waals surface area contributed by atoms with Crippen LogP contribution in [0.1, 0.15) is 20.8 Å². The minimum absolute atomic E-state index is 0.0324. The Hall–Kier alpha value is -4.41. The van der Waals surface area contributed by atoms with Gasteiger partial charge in [-0.25, -0.2) is 4.68 Å². The molecule has 0 spiro atoms. The summed E-state index contributed by atoms with van der Waals surface area (Å²) in [4.78, 5) is 34.9. The number of hydrogen-bond donors (Lipinski definition) is 4. The van der Waals surface area contributed by atoms with Crippen molar-refractivity contribution in [2.45, 2.75) is 0 Å². The minimum atomic E-state index is -0.855. The number of aromatic nitrogens is 2. The number of carbonyl (C=O) groups is 2. The number of para-hydroxylation sites is 1. The maximum atomic E-state index is 12.2. The number of hydrazine groups is 1. The van der Waals surface area contributed by atoms with Gasteiger partial charge in [0.15, 0.2) is 11.4 Å². The summed E-state index contributed by atoms with van der Waals surface area (Å²) < 4.78 is 1.31. The Labute approximate surface area is 164 Å². The molecule has 0 unspecified atom stereocenters. The van der Waals surface area contributed by atoms with E-state index in [-0.39, 0.29) is 28.4 Å². The first-order valence-electron chi connectivity index (χ1n) is 8.31. The molecule has 0 bridgehead atoms. The zero-order chi connectivity index (χ0) is 21.0. The predicted octanol–water partition coefficient (Wildman–Crippen LogP) is 1.60. The number of amides is 2. The van der Waals surface area contributed by atoms with Crippen LogP contribution in [0, 0.1) is 10.1 Å². The lowest BCUT2D eigenvalue weighted by Gasteiger charge is -2.08. The second-order valence-corrected chi connectivity index (χ2v) is 5.79. The van der Waals surface area contributed by atoms with Crippen molar-refractivity contribution in [3.05, 3.63) is 76.1 Å². The average molecular weight is 396 g/mol. The van der Waals surface area contributed by atoms with Crippen LogP contribution in [0.25, 0.3) is 5.69 Å². The Morgan fingerprint density at radius 3 is 2.45 bits per heavy atom. The van der Waals surface area contributed by atoms with Gasteiger partial charge in [-0.2, -0.15) is 5.10 Å². The molecule has 2 aromatic carbocycles. The van der Waals surface area contributed by atoms with E-state index in [1.54, 1.807) is 24.3 Å².